The van der Waals surface area contributed by atoms with Gasteiger partial charge in [-0.3, -0.25) is 0 Å². The van der Waals surface area contributed by atoms with Crippen LogP contribution in [-0.2, 0) is 0 Å². The topological polar surface area (TPSA) is 99.1 Å². The molecule has 0 radical (unpaired) electrons. The fourth-order valence-electron chi connectivity index (χ4n) is 2.89. The molecule has 2 aromatic rings. The van der Waals surface area contributed by atoms with Crippen LogP contribution in [0.1, 0.15) is 32.6 Å². The van der Waals surface area contributed by atoms with E-state index in [0.717, 1.165) is 32.2 Å². The SMILES string of the molecule is CCCNc1nc(N(C)C)nc2c(N[C@H]3CCC[C@@H]3O)ncnc12.Cl. The fraction of sp³-hybridized carbons (Fsp3) is 0.625. The molecule has 1 saturated carbocycles. The minimum Gasteiger partial charge on any atom is -0.391 e. The second-order valence-corrected chi connectivity index (χ2v) is 6.36. The molecule has 0 saturated heterocycles. The quantitative estimate of drug-likeness (QED) is 0.713. The molecular formula is C16H26ClN7O. The van der Waals surface area contributed by atoms with Gasteiger partial charge in [-0.05, 0) is 25.7 Å². The lowest BCUT2D eigenvalue weighted by atomic mass is 10.2. The standard InChI is InChI=1S/C16H25N7O.ClH/c1-4-8-17-14-12-13(21-16(22-14)23(2)3)15(19-9-18-12)20-10-6-5-7-11(10)24;/h9-11,24H,4-8H2,1-3H3,(H,17,21,22)(H,18,19,20);1H/t10-,11-;/m0./s1. The van der Waals surface area contributed by atoms with E-state index >= 15 is 0 Å². The molecular weight excluding hydrogens is 342 g/mol. The highest BCUT2D eigenvalue weighted by molar-refractivity contribution is 5.93. The third kappa shape index (κ3) is 4.19. The molecule has 1 aliphatic rings. The highest BCUT2D eigenvalue weighted by Gasteiger charge is 2.26. The van der Waals surface area contributed by atoms with Crippen LogP contribution in [0, 0.1) is 0 Å². The summed E-state index contributed by atoms with van der Waals surface area (Å²) in [5.41, 5.74) is 1.37. The van der Waals surface area contributed by atoms with Crippen LogP contribution in [0.3, 0.4) is 0 Å². The Labute approximate surface area is 153 Å². The maximum Gasteiger partial charge on any atom is 0.227 e. The maximum absolute atomic E-state index is 10.1. The van der Waals surface area contributed by atoms with Crippen LogP contribution in [0.25, 0.3) is 11.0 Å². The summed E-state index contributed by atoms with van der Waals surface area (Å²) in [6.07, 6.45) is 4.93. The molecule has 2 atom stereocenters. The minimum atomic E-state index is -0.345. The molecule has 1 aliphatic carbocycles. The zero-order chi connectivity index (χ0) is 17.1. The van der Waals surface area contributed by atoms with E-state index in [1.165, 1.54) is 6.33 Å². The first-order valence-corrected chi connectivity index (χ1v) is 8.48. The summed E-state index contributed by atoms with van der Waals surface area (Å²) in [6, 6.07) is 0.00734. The first kappa shape index (κ1) is 19.4. The van der Waals surface area contributed by atoms with Crippen molar-refractivity contribution in [1.82, 2.24) is 19.9 Å². The number of hydrogen-bond acceptors (Lipinski definition) is 8. The van der Waals surface area contributed by atoms with Crippen LogP contribution in [0.2, 0.25) is 0 Å². The molecule has 0 bridgehead atoms. The summed E-state index contributed by atoms with van der Waals surface area (Å²) < 4.78 is 0. The van der Waals surface area contributed by atoms with E-state index in [9.17, 15) is 5.11 Å². The van der Waals surface area contributed by atoms with Gasteiger partial charge in [-0.25, -0.2) is 15.0 Å². The van der Waals surface area contributed by atoms with E-state index in [4.69, 9.17) is 0 Å². The van der Waals surface area contributed by atoms with Gasteiger partial charge in [-0.2, -0.15) is 4.98 Å². The smallest absolute Gasteiger partial charge is 0.227 e. The first-order valence-electron chi connectivity index (χ1n) is 8.48. The number of fused-ring (bicyclic) bond motifs is 1. The first-order chi connectivity index (χ1) is 11.6. The van der Waals surface area contributed by atoms with Gasteiger partial charge in [0.25, 0.3) is 0 Å². The average molecular weight is 368 g/mol. The summed E-state index contributed by atoms with van der Waals surface area (Å²) in [6.45, 7) is 2.92. The Morgan fingerprint density at radius 2 is 1.96 bits per heavy atom. The highest BCUT2D eigenvalue weighted by Crippen LogP contribution is 2.28. The minimum absolute atomic E-state index is 0. The average Bonchev–Trinajstić information content (AvgIpc) is 2.97. The van der Waals surface area contributed by atoms with Crippen molar-refractivity contribution < 1.29 is 5.11 Å². The molecule has 25 heavy (non-hydrogen) atoms. The van der Waals surface area contributed by atoms with Crippen molar-refractivity contribution >= 4 is 41.0 Å². The van der Waals surface area contributed by atoms with Crippen molar-refractivity contribution in [3.63, 3.8) is 0 Å². The van der Waals surface area contributed by atoms with Gasteiger partial charge in [-0.15, -0.1) is 12.4 Å². The molecule has 0 aromatic carbocycles. The molecule has 3 rings (SSSR count). The number of aliphatic hydroxyl groups is 1. The number of nitrogens with one attached hydrogen (secondary N) is 2. The molecule has 0 amide bonds. The molecule has 0 spiro atoms. The van der Waals surface area contributed by atoms with Crippen molar-refractivity contribution in [1.29, 1.82) is 0 Å². The second kappa shape index (κ2) is 8.44. The van der Waals surface area contributed by atoms with Gasteiger partial charge in [0, 0.05) is 20.6 Å². The molecule has 3 N–H and O–H groups in total. The molecule has 2 aromatic heterocycles. The van der Waals surface area contributed by atoms with Crippen molar-refractivity contribution in [3.8, 4) is 0 Å². The lowest BCUT2D eigenvalue weighted by molar-refractivity contribution is 0.171. The molecule has 0 unspecified atom stereocenters. The van der Waals surface area contributed by atoms with Crippen LogP contribution < -0.4 is 15.5 Å². The fourth-order valence-corrected chi connectivity index (χ4v) is 2.89. The van der Waals surface area contributed by atoms with Crippen LogP contribution >= 0.6 is 12.4 Å². The summed E-state index contributed by atoms with van der Waals surface area (Å²) in [5, 5.41) is 16.7. The van der Waals surface area contributed by atoms with Gasteiger partial charge in [-0.1, -0.05) is 6.92 Å². The molecule has 9 heteroatoms. The number of halogens is 1. The summed E-state index contributed by atoms with van der Waals surface area (Å²) >= 11 is 0. The highest BCUT2D eigenvalue weighted by atomic mass is 35.5. The predicted octanol–water partition coefficient (Wildman–Crippen LogP) is 2.05. The number of rotatable bonds is 6. The van der Waals surface area contributed by atoms with Gasteiger partial charge < -0.3 is 20.6 Å². The Morgan fingerprint density at radius 1 is 1.16 bits per heavy atom. The van der Waals surface area contributed by atoms with Gasteiger partial charge in [0.05, 0.1) is 12.1 Å². The van der Waals surface area contributed by atoms with Crippen molar-refractivity contribution in [2.45, 2.75) is 44.8 Å². The zero-order valence-electron chi connectivity index (χ0n) is 14.9. The summed E-state index contributed by atoms with van der Waals surface area (Å²) in [5.74, 6) is 1.96. The van der Waals surface area contributed by atoms with Gasteiger partial charge in [0.2, 0.25) is 5.95 Å². The van der Waals surface area contributed by atoms with Crippen LogP contribution in [0.5, 0.6) is 0 Å². The molecule has 8 nitrogen and oxygen atoms in total. The van der Waals surface area contributed by atoms with Crippen LogP contribution in [0.15, 0.2) is 6.33 Å². The number of aliphatic hydroxyl groups excluding tert-OH is 1. The Bertz CT molecular complexity index is 712. The zero-order valence-corrected chi connectivity index (χ0v) is 15.7. The third-order valence-electron chi connectivity index (χ3n) is 4.21. The lowest BCUT2D eigenvalue weighted by Crippen LogP contribution is -2.28. The van der Waals surface area contributed by atoms with E-state index in [-0.39, 0.29) is 24.6 Å². The third-order valence-corrected chi connectivity index (χ3v) is 4.21. The van der Waals surface area contributed by atoms with E-state index in [1.807, 2.05) is 19.0 Å². The van der Waals surface area contributed by atoms with E-state index in [2.05, 4.69) is 37.5 Å². The van der Waals surface area contributed by atoms with E-state index < -0.39 is 0 Å². The van der Waals surface area contributed by atoms with Gasteiger partial charge in [0.15, 0.2) is 11.6 Å². The normalized spacial score (nSPS) is 19.5. The summed E-state index contributed by atoms with van der Waals surface area (Å²) in [7, 11) is 3.81. The predicted molar refractivity (Wildman–Crippen MR) is 103 cm³/mol. The lowest BCUT2D eigenvalue weighted by Gasteiger charge is -2.19. The Balaban J connectivity index is 0.00000225. The Hall–Kier alpha value is -1.93. The Morgan fingerprint density at radius 3 is 2.60 bits per heavy atom. The molecule has 2 heterocycles. The van der Waals surface area contributed by atoms with Gasteiger partial charge in [0.1, 0.15) is 17.4 Å². The number of aromatic nitrogens is 4. The molecule has 138 valence electrons. The van der Waals surface area contributed by atoms with Crippen LogP contribution in [0.4, 0.5) is 17.6 Å². The van der Waals surface area contributed by atoms with Crippen molar-refractivity contribution in [2.75, 3.05) is 36.2 Å². The van der Waals surface area contributed by atoms with Crippen molar-refractivity contribution in [3.05, 3.63) is 6.33 Å². The number of hydrogen-bond donors (Lipinski definition) is 3. The van der Waals surface area contributed by atoms with Crippen molar-refractivity contribution in [2.24, 2.45) is 0 Å². The number of anilines is 3. The molecule has 1 fully saturated rings. The summed E-state index contributed by atoms with van der Waals surface area (Å²) in [4.78, 5) is 19.8. The van der Waals surface area contributed by atoms with E-state index in [0.29, 0.717) is 28.6 Å². The second-order valence-electron chi connectivity index (χ2n) is 6.36. The van der Waals surface area contributed by atoms with E-state index in [1.54, 1.807) is 0 Å². The molecule has 0 aliphatic heterocycles. The van der Waals surface area contributed by atoms with Gasteiger partial charge >= 0.3 is 0 Å². The monoisotopic (exact) mass is 367 g/mol. The number of nitrogens with zero attached hydrogens (tertiary/aromatic N) is 5. The maximum atomic E-state index is 10.1. The largest absolute Gasteiger partial charge is 0.391 e. The Kier molecular flexibility index (Phi) is 6.55. The van der Waals surface area contributed by atoms with Crippen LogP contribution in [-0.4, -0.2) is 57.8 Å².